The fraction of sp³-hybridized carbons (Fsp3) is 0.421. The normalized spacial score (nSPS) is 12.5. The summed E-state index contributed by atoms with van der Waals surface area (Å²) in [5.74, 6) is 0.0782. The second-order valence-corrected chi connectivity index (χ2v) is 6.59. The summed E-state index contributed by atoms with van der Waals surface area (Å²) in [7, 11) is 1.55. The SMILES string of the molecule is CC(C)C(c1ccccc1)N(C(=O)c1ccc(=O)n(C)n1)C(C)C. The van der Waals surface area contributed by atoms with Crippen LogP contribution in [0.5, 0.6) is 0 Å². The summed E-state index contributed by atoms with van der Waals surface area (Å²) in [6.07, 6.45) is 0. The van der Waals surface area contributed by atoms with Crippen LogP contribution in [0.3, 0.4) is 0 Å². The zero-order valence-corrected chi connectivity index (χ0v) is 14.9. The Hall–Kier alpha value is -2.43. The van der Waals surface area contributed by atoms with Crippen LogP contribution in [-0.4, -0.2) is 26.6 Å². The number of hydrogen-bond donors (Lipinski definition) is 0. The molecule has 128 valence electrons. The quantitative estimate of drug-likeness (QED) is 0.848. The van der Waals surface area contributed by atoms with Gasteiger partial charge >= 0.3 is 0 Å². The minimum Gasteiger partial charge on any atom is -0.328 e. The summed E-state index contributed by atoms with van der Waals surface area (Å²) in [5, 5.41) is 4.12. The van der Waals surface area contributed by atoms with Crippen LogP contribution >= 0.6 is 0 Å². The fourth-order valence-corrected chi connectivity index (χ4v) is 2.95. The molecule has 1 aromatic carbocycles. The number of carbonyl (C=O) groups is 1. The van der Waals surface area contributed by atoms with E-state index in [2.05, 4.69) is 18.9 Å². The van der Waals surface area contributed by atoms with Gasteiger partial charge in [0, 0.05) is 19.2 Å². The Morgan fingerprint density at radius 2 is 1.67 bits per heavy atom. The molecule has 0 N–H and O–H groups in total. The summed E-state index contributed by atoms with van der Waals surface area (Å²) < 4.78 is 1.19. The average molecular weight is 327 g/mol. The maximum absolute atomic E-state index is 13.1. The first-order valence-corrected chi connectivity index (χ1v) is 8.25. The molecule has 5 heteroatoms. The van der Waals surface area contributed by atoms with Crippen molar-refractivity contribution in [2.24, 2.45) is 13.0 Å². The molecule has 1 heterocycles. The van der Waals surface area contributed by atoms with Crippen molar-refractivity contribution in [2.75, 3.05) is 0 Å². The largest absolute Gasteiger partial charge is 0.328 e. The van der Waals surface area contributed by atoms with Crippen molar-refractivity contribution in [3.05, 3.63) is 64.1 Å². The molecule has 0 fully saturated rings. The summed E-state index contributed by atoms with van der Waals surface area (Å²) >= 11 is 0. The van der Waals surface area contributed by atoms with Crippen LogP contribution in [0.2, 0.25) is 0 Å². The average Bonchev–Trinajstić information content (AvgIpc) is 2.54. The highest BCUT2D eigenvalue weighted by atomic mass is 16.2. The Bertz CT molecular complexity index is 751. The minimum absolute atomic E-state index is 0.00383. The zero-order valence-electron chi connectivity index (χ0n) is 14.9. The summed E-state index contributed by atoms with van der Waals surface area (Å²) in [4.78, 5) is 26.5. The summed E-state index contributed by atoms with van der Waals surface area (Å²) in [6, 6.07) is 12.9. The number of aromatic nitrogens is 2. The maximum atomic E-state index is 13.1. The van der Waals surface area contributed by atoms with Gasteiger partial charge in [0.25, 0.3) is 11.5 Å². The third-order valence-electron chi connectivity index (χ3n) is 4.04. The number of aryl methyl sites for hydroxylation is 1. The van der Waals surface area contributed by atoms with E-state index in [1.165, 1.54) is 16.8 Å². The van der Waals surface area contributed by atoms with Gasteiger partial charge in [0.15, 0.2) is 0 Å². The molecular formula is C19H25N3O2. The molecule has 0 saturated carbocycles. The zero-order chi connectivity index (χ0) is 17.9. The van der Waals surface area contributed by atoms with E-state index in [0.29, 0.717) is 0 Å². The third-order valence-corrected chi connectivity index (χ3v) is 4.04. The van der Waals surface area contributed by atoms with Crippen molar-refractivity contribution in [3.8, 4) is 0 Å². The number of amides is 1. The molecule has 1 unspecified atom stereocenters. The van der Waals surface area contributed by atoms with Gasteiger partial charge in [0.05, 0.1) is 6.04 Å². The molecule has 0 aliphatic heterocycles. The van der Waals surface area contributed by atoms with Crippen LogP contribution in [-0.2, 0) is 7.05 Å². The van der Waals surface area contributed by atoms with E-state index in [4.69, 9.17) is 0 Å². The lowest BCUT2D eigenvalue weighted by atomic mass is 9.93. The standard InChI is InChI=1S/C19H25N3O2/c1-13(2)18(15-9-7-6-8-10-15)22(14(3)4)19(24)16-11-12-17(23)21(5)20-16/h6-14,18H,1-5H3. The Labute approximate surface area is 142 Å². The number of hydrogen-bond acceptors (Lipinski definition) is 3. The molecule has 0 spiro atoms. The molecule has 0 bridgehead atoms. The lowest BCUT2D eigenvalue weighted by Gasteiger charge is -2.37. The molecule has 0 aliphatic rings. The van der Waals surface area contributed by atoms with Crippen LogP contribution in [0.4, 0.5) is 0 Å². The van der Waals surface area contributed by atoms with Gasteiger partial charge in [0.2, 0.25) is 0 Å². The minimum atomic E-state index is -0.230. The summed E-state index contributed by atoms with van der Waals surface area (Å²) in [6.45, 7) is 8.21. The van der Waals surface area contributed by atoms with E-state index in [-0.39, 0.29) is 35.2 Å². The van der Waals surface area contributed by atoms with Crippen molar-refractivity contribution in [3.63, 3.8) is 0 Å². The van der Waals surface area contributed by atoms with Crippen LogP contribution in [0, 0.1) is 5.92 Å². The van der Waals surface area contributed by atoms with E-state index in [1.807, 2.05) is 49.1 Å². The smallest absolute Gasteiger partial charge is 0.275 e. The monoisotopic (exact) mass is 327 g/mol. The molecule has 2 aromatic rings. The number of nitrogens with zero attached hydrogens (tertiary/aromatic N) is 3. The number of benzene rings is 1. The van der Waals surface area contributed by atoms with E-state index < -0.39 is 0 Å². The molecule has 0 aliphatic carbocycles. The molecule has 0 radical (unpaired) electrons. The Morgan fingerprint density at radius 3 is 2.17 bits per heavy atom. The van der Waals surface area contributed by atoms with Gasteiger partial charge in [-0.1, -0.05) is 44.2 Å². The van der Waals surface area contributed by atoms with E-state index in [9.17, 15) is 9.59 Å². The third kappa shape index (κ3) is 3.72. The van der Waals surface area contributed by atoms with Gasteiger partial charge in [-0.2, -0.15) is 5.10 Å². The number of rotatable bonds is 5. The van der Waals surface area contributed by atoms with Crippen molar-refractivity contribution in [1.29, 1.82) is 0 Å². The van der Waals surface area contributed by atoms with Gasteiger partial charge < -0.3 is 4.90 Å². The summed E-state index contributed by atoms with van der Waals surface area (Å²) in [5.41, 5.74) is 1.15. The predicted molar refractivity (Wildman–Crippen MR) is 94.8 cm³/mol. The molecule has 1 atom stereocenters. The Kier molecular flexibility index (Phi) is 5.54. The number of carbonyl (C=O) groups excluding carboxylic acids is 1. The van der Waals surface area contributed by atoms with Crippen molar-refractivity contribution < 1.29 is 4.79 Å². The molecule has 24 heavy (non-hydrogen) atoms. The second kappa shape index (κ2) is 7.43. The highest BCUT2D eigenvalue weighted by Gasteiger charge is 2.31. The van der Waals surface area contributed by atoms with E-state index >= 15 is 0 Å². The Morgan fingerprint density at radius 1 is 1.04 bits per heavy atom. The topological polar surface area (TPSA) is 55.2 Å². The highest BCUT2D eigenvalue weighted by molar-refractivity contribution is 5.92. The van der Waals surface area contributed by atoms with Gasteiger partial charge in [-0.25, -0.2) is 4.68 Å². The maximum Gasteiger partial charge on any atom is 0.275 e. The first-order valence-electron chi connectivity index (χ1n) is 8.25. The molecule has 1 amide bonds. The van der Waals surface area contributed by atoms with Crippen LogP contribution in [0.15, 0.2) is 47.3 Å². The fourth-order valence-electron chi connectivity index (χ4n) is 2.95. The Balaban J connectivity index is 2.48. The van der Waals surface area contributed by atoms with Gasteiger partial charge in [-0.3, -0.25) is 9.59 Å². The van der Waals surface area contributed by atoms with Crippen molar-refractivity contribution in [1.82, 2.24) is 14.7 Å². The highest BCUT2D eigenvalue weighted by Crippen LogP contribution is 2.31. The first kappa shape index (κ1) is 17.9. The van der Waals surface area contributed by atoms with Gasteiger partial charge in [-0.05, 0) is 31.4 Å². The predicted octanol–water partition coefficient (Wildman–Crippen LogP) is 3.03. The molecule has 0 saturated heterocycles. The second-order valence-electron chi connectivity index (χ2n) is 6.59. The van der Waals surface area contributed by atoms with Crippen molar-refractivity contribution in [2.45, 2.75) is 39.8 Å². The van der Waals surface area contributed by atoms with Gasteiger partial charge in [0.1, 0.15) is 5.69 Å². The lowest BCUT2D eigenvalue weighted by Crippen LogP contribution is -2.43. The van der Waals surface area contributed by atoms with E-state index in [1.54, 1.807) is 7.05 Å². The molecule has 1 aromatic heterocycles. The van der Waals surface area contributed by atoms with Crippen LogP contribution in [0.25, 0.3) is 0 Å². The van der Waals surface area contributed by atoms with Crippen LogP contribution in [0.1, 0.15) is 49.8 Å². The van der Waals surface area contributed by atoms with Crippen LogP contribution < -0.4 is 5.56 Å². The molecule has 5 nitrogen and oxygen atoms in total. The van der Waals surface area contributed by atoms with Crippen molar-refractivity contribution >= 4 is 5.91 Å². The van der Waals surface area contributed by atoms with E-state index in [0.717, 1.165) is 5.56 Å². The lowest BCUT2D eigenvalue weighted by molar-refractivity contribution is 0.0531. The molecular weight excluding hydrogens is 302 g/mol. The first-order chi connectivity index (χ1) is 11.3. The van der Waals surface area contributed by atoms with Gasteiger partial charge in [-0.15, -0.1) is 0 Å². The molecule has 2 rings (SSSR count).